The molecule has 0 saturated carbocycles. The Morgan fingerprint density at radius 3 is 3.09 bits per heavy atom. The molecule has 2 heterocycles. The van der Waals surface area contributed by atoms with Gasteiger partial charge in [-0.15, -0.1) is 0 Å². The fourth-order valence-corrected chi connectivity index (χ4v) is 1.59. The lowest BCUT2D eigenvalue weighted by molar-refractivity contribution is 1.33. The van der Waals surface area contributed by atoms with Gasteiger partial charge in [0.05, 0.1) is 0 Å². The smallest absolute Gasteiger partial charge is 0.144 e. The molecule has 4 heteroatoms. The molecule has 0 fully saturated rings. The van der Waals surface area contributed by atoms with Crippen LogP contribution in [0.5, 0.6) is 0 Å². The zero-order valence-electron chi connectivity index (χ0n) is 6.06. The van der Waals surface area contributed by atoms with Crippen LogP contribution >= 0.6 is 15.9 Å². The van der Waals surface area contributed by atoms with Crippen LogP contribution in [0.15, 0.2) is 23.1 Å². The zero-order chi connectivity index (χ0) is 7.84. The van der Waals surface area contributed by atoms with Gasteiger partial charge in [-0.1, -0.05) is 0 Å². The minimum atomic E-state index is 0.902. The van der Waals surface area contributed by atoms with Crippen LogP contribution in [0.3, 0.4) is 0 Å². The average Bonchev–Trinajstić information content (AvgIpc) is 2.45. The molecule has 0 aliphatic rings. The molecule has 0 spiro atoms. The molecule has 0 atom stereocenters. The van der Waals surface area contributed by atoms with Crippen molar-refractivity contribution in [1.29, 1.82) is 0 Å². The first-order valence-electron chi connectivity index (χ1n) is 3.37. The van der Waals surface area contributed by atoms with Gasteiger partial charge in [0.15, 0.2) is 0 Å². The van der Waals surface area contributed by atoms with Gasteiger partial charge in [0.25, 0.3) is 0 Å². The molecule has 2 aromatic heterocycles. The SMILES string of the molecule is Bc1cnc(Br)c2cc[nH]c12. The van der Waals surface area contributed by atoms with Gasteiger partial charge in [-0.25, -0.2) is 4.98 Å². The van der Waals surface area contributed by atoms with Crippen molar-refractivity contribution < 1.29 is 0 Å². The summed E-state index contributed by atoms with van der Waals surface area (Å²) in [6, 6.07) is 2.01. The standard InChI is InChI=1S/C7H6BBrN2/c8-5-3-11-7(9)4-1-2-10-6(4)5/h1-3,10H,8H2. The van der Waals surface area contributed by atoms with Crippen LogP contribution in [0, 0.1) is 0 Å². The maximum absolute atomic E-state index is 4.18. The first-order chi connectivity index (χ1) is 5.29. The van der Waals surface area contributed by atoms with Crippen molar-refractivity contribution >= 4 is 40.1 Å². The van der Waals surface area contributed by atoms with Crippen molar-refractivity contribution in [1.82, 2.24) is 9.97 Å². The van der Waals surface area contributed by atoms with Gasteiger partial charge in [-0.3, -0.25) is 0 Å². The lowest BCUT2D eigenvalue weighted by Crippen LogP contribution is -2.04. The number of H-pyrrole nitrogens is 1. The molecule has 54 valence electrons. The Kier molecular flexibility index (Phi) is 1.49. The van der Waals surface area contributed by atoms with Gasteiger partial charge < -0.3 is 4.98 Å². The quantitative estimate of drug-likeness (QED) is 0.498. The van der Waals surface area contributed by atoms with Crippen LogP contribution in [0.25, 0.3) is 10.9 Å². The Morgan fingerprint density at radius 2 is 2.36 bits per heavy atom. The first kappa shape index (κ1) is 6.92. The van der Waals surface area contributed by atoms with Crippen molar-refractivity contribution in [2.75, 3.05) is 0 Å². The van der Waals surface area contributed by atoms with E-state index in [0.717, 1.165) is 15.5 Å². The van der Waals surface area contributed by atoms with Crippen molar-refractivity contribution in [3.05, 3.63) is 23.1 Å². The van der Waals surface area contributed by atoms with Gasteiger partial charge >= 0.3 is 0 Å². The molecule has 0 aliphatic carbocycles. The molecule has 0 saturated heterocycles. The third-order valence-corrected chi connectivity index (χ3v) is 2.37. The van der Waals surface area contributed by atoms with Crippen LogP contribution in [-0.2, 0) is 0 Å². The highest BCUT2D eigenvalue weighted by atomic mass is 79.9. The van der Waals surface area contributed by atoms with Crippen LogP contribution < -0.4 is 5.46 Å². The number of hydrogen-bond acceptors (Lipinski definition) is 1. The number of aromatic amines is 1. The second kappa shape index (κ2) is 2.38. The van der Waals surface area contributed by atoms with Crippen LogP contribution in [0.1, 0.15) is 0 Å². The van der Waals surface area contributed by atoms with Crippen LogP contribution in [-0.4, -0.2) is 17.8 Å². The number of pyridine rings is 1. The Bertz CT molecular complexity index is 360. The summed E-state index contributed by atoms with van der Waals surface area (Å²) < 4.78 is 0.902. The van der Waals surface area contributed by atoms with Crippen LogP contribution in [0.2, 0.25) is 0 Å². The molecule has 11 heavy (non-hydrogen) atoms. The summed E-state index contributed by atoms with van der Waals surface area (Å²) in [7, 11) is 2.04. The molecular formula is C7H6BBrN2. The number of fused-ring (bicyclic) bond motifs is 1. The van der Waals surface area contributed by atoms with Crippen LogP contribution in [0.4, 0.5) is 0 Å². The largest absolute Gasteiger partial charge is 0.362 e. The lowest BCUT2D eigenvalue weighted by Gasteiger charge is -1.96. The Hall–Kier alpha value is -0.765. The number of hydrogen-bond donors (Lipinski definition) is 1. The van der Waals surface area contributed by atoms with E-state index in [0.29, 0.717) is 0 Å². The fraction of sp³-hybridized carbons (Fsp3) is 0. The summed E-state index contributed by atoms with van der Waals surface area (Å²) in [6.45, 7) is 0. The number of halogens is 1. The third kappa shape index (κ3) is 0.978. The van der Waals surface area contributed by atoms with E-state index in [1.807, 2.05) is 26.3 Å². The molecule has 2 rings (SSSR count). The maximum atomic E-state index is 4.18. The van der Waals surface area contributed by atoms with Crippen molar-refractivity contribution in [2.24, 2.45) is 0 Å². The van der Waals surface area contributed by atoms with E-state index >= 15 is 0 Å². The third-order valence-electron chi connectivity index (χ3n) is 1.74. The molecule has 0 radical (unpaired) electrons. The van der Waals surface area contributed by atoms with Gasteiger partial charge in [0.1, 0.15) is 12.4 Å². The summed E-state index contributed by atoms with van der Waals surface area (Å²) in [4.78, 5) is 7.33. The summed E-state index contributed by atoms with van der Waals surface area (Å²) >= 11 is 3.38. The number of nitrogens with one attached hydrogen (secondary N) is 1. The molecule has 2 aromatic rings. The number of nitrogens with zero attached hydrogens (tertiary/aromatic N) is 1. The lowest BCUT2D eigenvalue weighted by atomic mass is 9.97. The molecule has 0 amide bonds. The normalized spacial score (nSPS) is 10.6. The zero-order valence-corrected chi connectivity index (χ0v) is 7.64. The fourth-order valence-electron chi connectivity index (χ4n) is 1.16. The predicted molar refractivity (Wildman–Crippen MR) is 52.0 cm³/mol. The highest BCUT2D eigenvalue weighted by Crippen LogP contribution is 2.17. The van der Waals surface area contributed by atoms with E-state index in [1.165, 1.54) is 5.46 Å². The second-order valence-corrected chi connectivity index (χ2v) is 3.25. The minimum absolute atomic E-state index is 0.902. The van der Waals surface area contributed by atoms with Crippen molar-refractivity contribution in [3.8, 4) is 0 Å². The van der Waals surface area contributed by atoms with Crippen molar-refractivity contribution in [2.45, 2.75) is 0 Å². The average molecular weight is 209 g/mol. The first-order valence-corrected chi connectivity index (χ1v) is 4.16. The van der Waals surface area contributed by atoms with E-state index in [4.69, 9.17) is 0 Å². The van der Waals surface area contributed by atoms with E-state index in [-0.39, 0.29) is 0 Å². The van der Waals surface area contributed by atoms with Gasteiger partial charge in [-0.05, 0) is 27.5 Å². The number of rotatable bonds is 0. The summed E-state index contributed by atoms with van der Waals surface area (Å²) in [5, 5.41) is 1.14. The Morgan fingerprint density at radius 1 is 1.55 bits per heavy atom. The minimum Gasteiger partial charge on any atom is -0.362 e. The van der Waals surface area contributed by atoms with Crippen molar-refractivity contribution in [3.63, 3.8) is 0 Å². The highest BCUT2D eigenvalue weighted by Gasteiger charge is 2.01. The highest BCUT2D eigenvalue weighted by molar-refractivity contribution is 9.10. The molecule has 0 bridgehead atoms. The van der Waals surface area contributed by atoms with Gasteiger partial charge in [-0.2, -0.15) is 0 Å². The second-order valence-electron chi connectivity index (χ2n) is 2.50. The van der Waals surface area contributed by atoms with E-state index in [9.17, 15) is 0 Å². The summed E-state index contributed by atoms with van der Waals surface area (Å²) in [5.74, 6) is 0. The Labute approximate surface area is 73.6 Å². The molecule has 0 aliphatic heterocycles. The summed E-state index contributed by atoms with van der Waals surface area (Å²) in [5.41, 5.74) is 2.33. The molecular weight excluding hydrogens is 203 g/mol. The molecule has 0 aromatic carbocycles. The van der Waals surface area contributed by atoms with E-state index < -0.39 is 0 Å². The monoisotopic (exact) mass is 208 g/mol. The molecule has 0 unspecified atom stereocenters. The molecule has 1 N–H and O–H groups in total. The van der Waals surface area contributed by atoms with E-state index in [2.05, 4.69) is 25.9 Å². The predicted octanol–water partition coefficient (Wildman–Crippen LogP) is 0.584. The summed E-state index contributed by atoms with van der Waals surface area (Å²) in [6.07, 6.45) is 3.77. The van der Waals surface area contributed by atoms with Gasteiger partial charge in [0, 0.05) is 23.3 Å². The Balaban J connectivity index is 2.96. The molecule has 2 nitrogen and oxygen atoms in total. The van der Waals surface area contributed by atoms with Gasteiger partial charge in [0.2, 0.25) is 0 Å². The maximum Gasteiger partial charge on any atom is 0.144 e. The number of aromatic nitrogens is 2. The van der Waals surface area contributed by atoms with E-state index in [1.54, 1.807) is 0 Å². The topological polar surface area (TPSA) is 28.7 Å².